The minimum absolute atomic E-state index is 0.392. The van der Waals surface area contributed by atoms with Gasteiger partial charge in [-0.15, -0.1) is 0 Å². The Kier molecular flexibility index (Phi) is 6.61. The van der Waals surface area contributed by atoms with E-state index in [1.54, 1.807) is 0 Å². The molecule has 0 bridgehead atoms. The Morgan fingerprint density at radius 1 is 1.33 bits per heavy atom. The second kappa shape index (κ2) is 7.46. The van der Waals surface area contributed by atoms with Gasteiger partial charge in [-0.2, -0.15) is 0 Å². The number of nitrogens with one attached hydrogen (secondary N) is 1. The first-order chi connectivity index (χ1) is 8.51. The molecule has 1 N–H and O–H groups in total. The number of hydrogen-bond donors (Lipinski definition) is 1. The molecule has 0 aromatic rings. The lowest BCUT2D eigenvalue weighted by Gasteiger charge is -2.40. The van der Waals surface area contributed by atoms with Crippen molar-refractivity contribution in [3.05, 3.63) is 0 Å². The summed E-state index contributed by atoms with van der Waals surface area (Å²) in [6.45, 7) is 16.7. The highest BCUT2D eigenvalue weighted by atomic mass is 16.5. The third-order valence-electron chi connectivity index (χ3n) is 4.27. The molecule has 18 heavy (non-hydrogen) atoms. The molecule has 3 nitrogen and oxygen atoms in total. The summed E-state index contributed by atoms with van der Waals surface area (Å²) in [5.74, 6) is 0. The summed E-state index contributed by atoms with van der Waals surface area (Å²) in [7, 11) is 0. The van der Waals surface area contributed by atoms with Crippen LogP contribution in [-0.2, 0) is 4.74 Å². The van der Waals surface area contributed by atoms with E-state index in [-0.39, 0.29) is 0 Å². The van der Waals surface area contributed by atoms with E-state index in [1.165, 1.54) is 19.4 Å². The lowest BCUT2D eigenvalue weighted by Crippen LogP contribution is -2.50. The highest BCUT2D eigenvalue weighted by Crippen LogP contribution is 2.27. The van der Waals surface area contributed by atoms with E-state index in [0.717, 1.165) is 26.2 Å². The average Bonchev–Trinajstić information content (AvgIpc) is 2.34. The van der Waals surface area contributed by atoms with Gasteiger partial charge in [-0.25, -0.2) is 0 Å². The monoisotopic (exact) mass is 256 g/mol. The van der Waals surface area contributed by atoms with Gasteiger partial charge in [0.05, 0.1) is 12.7 Å². The van der Waals surface area contributed by atoms with Crippen molar-refractivity contribution in [1.82, 2.24) is 10.2 Å². The predicted molar refractivity (Wildman–Crippen MR) is 78.0 cm³/mol. The summed E-state index contributed by atoms with van der Waals surface area (Å²) in [5, 5.41) is 3.63. The zero-order valence-corrected chi connectivity index (χ0v) is 13.0. The first kappa shape index (κ1) is 15.9. The van der Waals surface area contributed by atoms with Gasteiger partial charge in [0.25, 0.3) is 0 Å². The second-order valence-electron chi connectivity index (χ2n) is 6.16. The van der Waals surface area contributed by atoms with Gasteiger partial charge in [-0.05, 0) is 25.2 Å². The van der Waals surface area contributed by atoms with Crippen molar-refractivity contribution in [2.75, 3.05) is 32.8 Å². The molecular formula is C15H32N2O. The molecule has 0 aliphatic carbocycles. The molecule has 1 saturated heterocycles. The molecule has 1 unspecified atom stereocenters. The van der Waals surface area contributed by atoms with E-state index < -0.39 is 0 Å². The predicted octanol–water partition coefficient (Wildman–Crippen LogP) is 2.51. The number of nitrogens with zero attached hydrogens (tertiary/aromatic N) is 1. The normalized spacial score (nSPS) is 22.7. The largest absolute Gasteiger partial charge is 0.376 e. The molecule has 1 aliphatic rings. The Hall–Kier alpha value is -0.120. The Morgan fingerprint density at radius 2 is 2.00 bits per heavy atom. The summed E-state index contributed by atoms with van der Waals surface area (Å²) < 4.78 is 5.63. The maximum absolute atomic E-state index is 5.63. The van der Waals surface area contributed by atoms with E-state index in [4.69, 9.17) is 4.74 Å². The van der Waals surface area contributed by atoms with Crippen LogP contribution >= 0.6 is 0 Å². The zero-order chi connectivity index (χ0) is 13.6. The van der Waals surface area contributed by atoms with Crippen LogP contribution in [0, 0.1) is 5.41 Å². The van der Waals surface area contributed by atoms with Crippen molar-refractivity contribution >= 4 is 0 Å². The van der Waals surface area contributed by atoms with E-state index in [0.29, 0.717) is 17.6 Å². The molecule has 1 aliphatic heterocycles. The Labute approximate surface area is 113 Å². The smallest absolute Gasteiger partial charge is 0.0674 e. The second-order valence-corrected chi connectivity index (χ2v) is 6.16. The third kappa shape index (κ3) is 4.87. The molecule has 0 amide bonds. The summed E-state index contributed by atoms with van der Waals surface area (Å²) in [4.78, 5) is 2.59. The fraction of sp³-hybridized carbons (Fsp3) is 1.00. The van der Waals surface area contributed by atoms with E-state index in [9.17, 15) is 0 Å². The average molecular weight is 256 g/mol. The minimum atomic E-state index is 0.392. The molecular weight excluding hydrogens is 224 g/mol. The van der Waals surface area contributed by atoms with Gasteiger partial charge in [-0.3, -0.25) is 4.90 Å². The summed E-state index contributed by atoms with van der Waals surface area (Å²) in [5.41, 5.74) is 0.418. The van der Waals surface area contributed by atoms with E-state index in [1.807, 2.05) is 0 Å². The Bertz CT molecular complexity index is 227. The van der Waals surface area contributed by atoms with Crippen molar-refractivity contribution in [3.8, 4) is 0 Å². The van der Waals surface area contributed by atoms with Crippen LogP contribution in [0.4, 0.5) is 0 Å². The summed E-state index contributed by atoms with van der Waals surface area (Å²) >= 11 is 0. The first-order valence-electron chi connectivity index (χ1n) is 7.58. The van der Waals surface area contributed by atoms with Crippen LogP contribution in [0.5, 0.6) is 0 Å². The van der Waals surface area contributed by atoms with Crippen LogP contribution in [0.15, 0.2) is 0 Å². The fourth-order valence-corrected chi connectivity index (χ4v) is 2.71. The summed E-state index contributed by atoms with van der Waals surface area (Å²) in [6.07, 6.45) is 2.88. The molecule has 108 valence electrons. The van der Waals surface area contributed by atoms with Gasteiger partial charge in [0.2, 0.25) is 0 Å². The number of rotatable bonds is 7. The highest BCUT2D eigenvalue weighted by molar-refractivity contribution is 4.85. The van der Waals surface area contributed by atoms with Gasteiger partial charge in [0.15, 0.2) is 0 Å². The molecule has 0 radical (unpaired) electrons. The minimum Gasteiger partial charge on any atom is -0.376 e. The van der Waals surface area contributed by atoms with Gasteiger partial charge < -0.3 is 10.1 Å². The molecule has 0 aromatic carbocycles. The van der Waals surface area contributed by atoms with Crippen LogP contribution in [0.2, 0.25) is 0 Å². The van der Waals surface area contributed by atoms with Crippen molar-refractivity contribution in [2.45, 2.75) is 59.6 Å². The maximum Gasteiger partial charge on any atom is 0.0674 e. The first-order valence-corrected chi connectivity index (χ1v) is 7.58. The van der Waals surface area contributed by atoms with Crippen LogP contribution in [0.25, 0.3) is 0 Å². The molecule has 0 aromatic heterocycles. The molecule has 1 rings (SSSR count). The SMILES string of the molecule is CCC(CC)(CNC(C)C)CN1CCOC(C)C1. The van der Waals surface area contributed by atoms with Crippen LogP contribution in [-0.4, -0.2) is 49.8 Å². The van der Waals surface area contributed by atoms with Crippen LogP contribution < -0.4 is 5.32 Å². The standard InChI is InChI=1S/C15H32N2O/c1-6-15(7-2,11-16-13(3)4)12-17-8-9-18-14(5)10-17/h13-14,16H,6-12H2,1-5H3. The van der Waals surface area contributed by atoms with Crippen molar-refractivity contribution in [2.24, 2.45) is 5.41 Å². The topological polar surface area (TPSA) is 24.5 Å². The summed E-state index contributed by atoms with van der Waals surface area (Å²) in [6, 6.07) is 0.575. The maximum atomic E-state index is 5.63. The Morgan fingerprint density at radius 3 is 2.50 bits per heavy atom. The lowest BCUT2D eigenvalue weighted by atomic mass is 9.81. The van der Waals surface area contributed by atoms with E-state index in [2.05, 4.69) is 44.8 Å². The lowest BCUT2D eigenvalue weighted by molar-refractivity contribution is -0.0336. The van der Waals surface area contributed by atoms with Crippen LogP contribution in [0.3, 0.4) is 0 Å². The molecule has 1 atom stereocenters. The van der Waals surface area contributed by atoms with E-state index >= 15 is 0 Å². The molecule has 1 heterocycles. The van der Waals surface area contributed by atoms with Gasteiger partial charge in [0, 0.05) is 32.2 Å². The van der Waals surface area contributed by atoms with Gasteiger partial charge in [0.1, 0.15) is 0 Å². The Balaban J connectivity index is 2.54. The van der Waals surface area contributed by atoms with Gasteiger partial charge >= 0.3 is 0 Å². The number of morpholine rings is 1. The zero-order valence-electron chi connectivity index (χ0n) is 13.0. The van der Waals surface area contributed by atoms with Crippen molar-refractivity contribution < 1.29 is 4.74 Å². The molecule has 0 spiro atoms. The fourth-order valence-electron chi connectivity index (χ4n) is 2.71. The molecule has 1 fully saturated rings. The van der Waals surface area contributed by atoms with Crippen molar-refractivity contribution in [3.63, 3.8) is 0 Å². The third-order valence-corrected chi connectivity index (χ3v) is 4.27. The quantitative estimate of drug-likeness (QED) is 0.757. The molecule has 3 heteroatoms. The van der Waals surface area contributed by atoms with Crippen LogP contribution in [0.1, 0.15) is 47.5 Å². The molecule has 0 saturated carbocycles. The highest BCUT2D eigenvalue weighted by Gasteiger charge is 2.30. The van der Waals surface area contributed by atoms with Gasteiger partial charge in [-0.1, -0.05) is 27.7 Å². The number of hydrogen-bond acceptors (Lipinski definition) is 3. The van der Waals surface area contributed by atoms with Crippen molar-refractivity contribution in [1.29, 1.82) is 0 Å². The number of ether oxygens (including phenoxy) is 1.